The first-order valence-corrected chi connectivity index (χ1v) is 6.22. The fourth-order valence-electron chi connectivity index (χ4n) is 2.53. The van der Waals surface area contributed by atoms with Crippen LogP contribution in [0.2, 0.25) is 0 Å². The Morgan fingerprint density at radius 2 is 2.39 bits per heavy atom. The van der Waals surface area contributed by atoms with Gasteiger partial charge in [-0.05, 0) is 33.0 Å². The summed E-state index contributed by atoms with van der Waals surface area (Å²) in [5.41, 5.74) is 1.03. The van der Waals surface area contributed by atoms with Crippen LogP contribution >= 0.6 is 0 Å². The van der Waals surface area contributed by atoms with E-state index in [-0.39, 0.29) is 0 Å². The van der Waals surface area contributed by atoms with Crippen molar-refractivity contribution in [3.05, 3.63) is 24.2 Å². The number of carbonyl (C=O) groups is 1. The Morgan fingerprint density at radius 3 is 2.94 bits per heavy atom. The fraction of sp³-hybridized carbons (Fsp3) is 0.615. The second-order valence-electron chi connectivity index (χ2n) is 5.10. The molecule has 1 aromatic rings. The van der Waals surface area contributed by atoms with Gasteiger partial charge in [0.05, 0.1) is 12.5 Å². The second-order valence-corrected chi connectivity index (χ2v) is 5.10. The number of likely N-dealkylation sites (tertiary alicyclic amines) is 1. The van der Waals surface area contributed by atoms with E-state index in [2.05, 4.69) is 4.90 Å². The van der Waals surface area contributed by atoms with Crippen molar-refractivity contribution in [3.8, 4) is 0 Å². The lowest BCUT2D eigenvalue weighted by Gasteiger charge is -2.39. The lowest BCUT2D eigenvalue weighted by Crippen LogP contribution is -2.51. The number of carboxylic acids is 1. The van der Waals surface area contributed by atoms with Crippen molar-refractivity contribution in [2.75, 3.05) is 20.6 Å². The molecule has 0 aliphatic carbocycles. The molecule has 1 aromatic heterocycles. The summed E-state index contributed by atoms with van der Waals surface area (Å²) in [6.07, 6.45) is 4.99. The zero-order chi connectivity index (χ0) is 13.1. The van der Waals surface area contributed by atoms with Crippen LogP contribution in [-0.2, 0) is 11.3 Å². The minimum absolute atomic E-state index is 0.353. The molecule has 2 heterocycles. The van der Waals surface area contributed by atoms with Gasteiger partial charge in [0, 0.05) is 24.7 Å². The quantitative estimate of drug-likeness (QED) is 0.874. The summed E-state index contributed by atoms with van der Waals surface area (Å²) in [6, 6.07) is 1.84. The van der Waals surface area contributed by atoms with E-state index < -0.39 is 12.0 Å². The number of nitrogens with zero attached hydrogens (tertiary/aromatic N) is 2. The Labute approximate surface area is 107 Å². The lowest BCUT2D eigenvalue weighted by molar-refractivity contribution is -0.145. The van der Waals surface area contributed by atoms with Crippen molar-refractivity contribution in [2.24, 2.45) is 0 Å². The Hall–Kier alpha value is -1.33. The van der Waals surface area contributed by atoms with Crippen molar-refractivity contribution >= 4 is 5.97 Å². The van der Waals surface area contributed by atoms with Gasteiger partial charge in [-0.25, -0.2) is 0 Å². The van der Waals surface area contributed by atoms with Gasteiger partial charge in [-0.3, -0.25) is 9.69 Å². The highest BCUT2D eigenvalue weighted by Gasteiger charge is 2.34. The largest absolute Gasteiger partial charge is 0.480 e. The zero-order valence-electron chi connectivity index (χ0n) is 10.9. The van der Waals surface area contributed by atoms with E-state index in [0.29, 0.717) is 19.0 Å². The highest BCUT2D eigenvalue weighted by atomic mass is 16.4. The molecule has 0 spiro atoms. The van der Waals surface area contributed by atoms with Gasteiger partial charge in [0.2, 0.25) is 0 Å². The maximum absolute atomic E-state index is 11.4. The van der Waals surface area contributed by atoms with Crippen molar-refractivity contribution < 1.29 is 14.3 Å². The van der Waals surface area contributed by atoms with E-state index in [0.717, 1.165) is 18.5 Å². The molecule has 5 nitrogen and oxygen atoms in total. The third-order valence-corrected chi connectivity index (χ3v) is 3.67. The molecule has 1 fully saturated rings. The van der Waals surface area contributed by atoms with Crippen molar-refractivity contribution in [3.63, 3.8) is 0 Å². The molecule has 0 aromatic carbocycles. The van der Waals surface area contributed by atoms with Crippen molar-refractivity contribution in [2.45, 2.75) is 31.5 Å². The summed E-state index contributed by atoms with van der Waals surface area (Å²) < 4.78 is 5.03. The molecule has 5 heteroatoms. The summed E-state index contributed by atoms with van der Waals surface area (Å²) in [7, 11) is 4.02. The number of aliphatic carboxylic acids is 1. The number of hydrogen-bond donors (Lipinski definition) is 1. The average Bonchev–Trinajstić information content (AvgIpc) is 2.81. The van der Waals surface area contributed by atoms with E-state index in [1.54, 1.807) is 12.5 Å². The van der Waals surface area contributed by atoms with Crippen LogP contribution in [0.5, 0.6) is 0 Å². The van der Waals surface area contributed by atoms with Crippen LogP contribution in [0.4, 0.5) is 0 Å². The first-order valence-electron chi connectivity index (χ1n) is 6.22. The molecule has 0 radical (unpaired) electrons. The smallest absolute Gasteiger partial charge is 0.320 e. The third-order valence-electron chi connectivity index (χ3n) is 3.67. The second kappa shape index (κ2) is 5.54. The van der Waals surface area contributed by atoms with Crippen LogP contribution in [0.15, 0.2) is 23.0 Å². The molecule has 1 aliphatic heterocycles. The molecular weight excluding hydrogens is 232 g/mol. The zero-order valence-corrected chi connectivity index (χ0v) is 10.9. The first kappa shape index (κ1) is 13.1. The van der Waals surface area contributed by atoms with Crippen LogP contribution < -0.4 is 0 Å². The normalized spacial score (nSPS) is 25.5. The molecule has 1 N–H and O–H groups in total. The molecule has 0 unspecified atom stereocenters. The van der Waals surface area contributed by atoms with Crippen LogP contribution in [0.3, 0.4) is 0 Å². The predicted molar refractivity (Wildman–Crippen MR) is 67.3 cm³/mol. The number of hydrogen-bond acceptors (Lipinski definition) is 4. The maximum Gasteiger partial charge on any atom is 0.320 e. The summed E-state index contributed by atoms with van der Waals surface area (Å²) in [6.45, 7) is 1.46. The van der Waals surface area contributed by atoms with Gasteiger partial charge in [0.25, 0.3) is 0 Å². The van der Waals surface area contributed by atoms with E-state index in [4.69, 9.17) is 4.42 Å². The molecule has 0 amide bonds. The van der Waals surface area contributed by atoms with Gasteiger partial charge < -0.3 is 14.4 Å². The van der Waals surface area contributed by atoms with Crippen molar-refractivity contribution in [1.82, 2.24) is 9.80 Å². The van der Waals surface area contributed by atoms with E-state index in [9.17, 15) is 9.90 Å². The number of rotatable bonds is 4. The van der Waals surface area contributed by atoms with Crippen LogP contribution in [0.25, 0.3) is 0 Å². The van der Waals surface area contributed by atoms with Gasteiger partial charge >= 0.3 is 5.97 Å². The molecule has 0 bridgehead atoms. The topological polar surface area (TPSA) is 56.9 Å². The number of furan rings is 1. The summed E-state index contributed by atoms with van der Waals surface area (Å²) >= 11 is 0. The molecule has 2 rings (SSSR count). The van der Waals surface area contributed by atoms with E-state index in [1.807, 2.05) is 25.1 Å². The molecule has 100 valence electrons. The fourth-order valence-corrected chi connectivity index (χ4v) is 2.53. The minimum Gasteiger partial charge on any atom is -0.480 e. The first-order chi connectivity index (χ1) is 8.58. The van der Waals surface area contributed by atoms with Gasteiger partial charge in [0.1, 0.15) is 6.04 Å². The highest BCUT2D eigenvalue weighted by molar-refractivity contribution is 5.73. The number of carboxylic acid groups (broad SMARTS) is 1. The lowest BCUT2D eigenvalue weighted by atomic mass is 9.96. The van der Waals surface area contributed by atoms with Gasteiger partial charge in [-0.2, -0.15) is 0 Å². The molecule has 18 heavy (non-hydrogen) atoms. The standard InChI is InChI=1S/C13H20N2O3/c1-14(2)11-3-5-15(12(7-11)13(16)17)8-10-4-6-18-9-10/h4,6,9,11-12H,3,5,7-8H2,1-2H3,(H,16,17)/t11-,12+/m1/s1. The third kappa shape index (κ3) is 2.91. The maximum atomic E-state index is 11.4. The Balaban J connectivity index is 2.03. The van der Waals surface area contributed by atoms with Crippen LogP contribution in [0, 0.1) is 0 Å². The SMILES string of the molecule is CN(C)[C@@H]1CCN(Cc2ccoc2)[C@H](C(=O)O)C1. The van der Waals surface area contributed by atoms with E-state index in [1.165, 1.54) is 0 Å². The van der Waals surface area contributed by atoms with Crippen molar-refractivity contribution in [1.29, 1.82) is 0 Å². The molecule has 1 aliphatic rings. The summed E-state index contributed by atoms with van der Waals surface area (Å²) in [5.74, 6) is -0.731. The summed E-state index contributed by atoms with van der Waals surface area (Å²) in [5, 5.41) is 9.35. The molecular formula is C13H20N2O3. The number of piperidine rings is 1. The van der Waals surface area contributed by atoms with Crippen LogP contribution in [-0.4, -0.2) is 53.6 Å². The van der Waals surface area contributed by atoms with E-state index >= 15 is 0 Å². The monoisotopic (exact) mass is 252 g/mol. The predicted octanol–water partition coefficient (Wildman–Crippen LogP) is 1.26. The summed E-state index contributed by atoms with van der Waals surface area (Å²) in [4.78, 5) is 15.5. The van der Waals surface area contributed by atoms with Crippen LogP contribution in [0.1, 0.15) is 18.4 Å². The Bertz CT molecular complexity index is 389. The molecule has 0 saturated carbocycles. The highest BCUT2D eigenvalue weighted by Crippen LogP contribution is 2.22. The van der Waals surface area contributed by atoms with Gasteiger partial charge in [-0.15, -0.1) is 0 Å². The minimum atomic E-state index is -0.731. The molecule has 2 atom stereocenters. The Kier molecular flexibility index (Phi) is 4.04. The Morgan fingerprint density at radius 1 is 1.61 bits per heavy atom. The van der Waals surface area contributed by atoms with Gasteiger partial charge in [0.15, 0.2) is 0 Å². The average molecular weight is 252 g/mol. The van der Waals surface area contributed by atoms with Gasteiger partial charge in [-0.1, -0.05) is 0 Å². The molecule has 1 saturated heterocycles.